The largest absolute Gasteiger partial charge is 0.462 e. The number of nitrogens with zero attached hydrogens (tertiary/aromatic N) is 3. The maximum absolute atomic E-state index is 15.2. The minimum absolute atomic E-state index is 0.0276. The summed E-state index contributed by atoms with van der Waals surface area (Å²) in [7, 11) is 0. The number of hydrogen-bond acceptors (Lipinski definition) is 5. The number of amides is 1. The van der Waals surface area contributed by atoms with E-state index >= 15 is 4.39 Å². The number of anilines is 1. The SMILES string of the molecule is CC(C)CC(Oc1ncnc(N2CCC[C@H]2c2ccc(C(F)(F)F)cc2)c1F)C(N)=O. The lowest BCUT2D eigenvalue weighted by Gasteiger charge is -2.27. The van der Waals surface area contributed by atoms with Gasteiger partial charge in [0.05, 0.1) is 11.6 Å². The van der Waals surface area contributed by atoms with E-state index in [4.69, 9.17) is 10.5 Å². The minimum atomic E-state index is -4.42. The van der Waals surface area contributed by atoms with Gasteiger partial charge >= 0.3 is 6.18 Å². The Kier molecular flexibility index (Phi) is 6.66. The summed E-state index contributed by atoms with van der Waals surface area (Å²) in [6.45, 7) is 4.21. The molecule has 0 radical (unpaired) electrons. The van der Waals surface area contributed by atoms with E-state index in [1.54, 1.807) is 4.90 Å². The zero-order valence-corrected chi connectivity index (χ0v) is 17.2. The van der Waals surface area contributed by atoms with Crippen molar-refractivity contribution in [3.8, 4) is 5.88 Å². The molecule has 1 fully saturated rings. The maximum Gasteiger partial charge on any atom is 0.416 e. The molecular formula is C21H24F4N4O2. The number of hydrogen-bond donors (Lipinski definition) is 1. The van der Waals surface area contributed by atoms with Gasteiger partial charge in [0.25, 0.3) is 11.8 Å². The van der Waals surface area contributed by atoms with Crippen LogP contribution in [0.2, 0.25) is 0 Å². The molecule has 3 rings (SSSR count). The zero-order chi connectivity index (χ0) is 22.8. The van der Waals surface area contributed by atoms with Gasteiger partial charge in [0.2, 0.25) is 5.82 Å². The van der Waals surface area contributed by atoms with Crippen LogP contribution in [-0.2, 0) is 11.0 Å². The molecule has 1 aromatic carbocycles. The Labute approximate surface area is 177 Å². The normalized spacial score (nSPS) is 17.8. The average Bonchev–Trinajstić information content (AvgIpc) is 3.17. The fourth-order valence-corrected chi connectivity index (χ4v) is 3.67. The highest BCUT2D eigenvalue weighted by atomic mass is 19.4. The minimum Gasteiger partial charge on any atom is -0.462 e. The quantitative estimate of drug-likeness (QED) is 0.651. The summed E-state index contributed by atoms with van der Waals surface area (Å²) in [6, 6.07) is 4.48. The summed E-state index contributed by atoms with van der Waals surface area (Å²) in [5, 5.41) is 0. The topological polar surface area (TPSA) is 81.3 Å². The van der Waals surface area contributed by atoms with Crippen molar-refractivity contribution in [3.63, 3.8) is 0 Å². The Morgan fingerprint density at radius 2 is 1.94 bits per heavy atom. The van der Waals surface area contributed by atoms with Gasteiger partial charge in [-0.3, -0.25) is 4.79 Å². The number of aromatic nitrogens is 2. The van der Waals surface area contributed by atoms with Gasteiger partial charge in [-0.1, -0.05) is 26.0 Å². The molecule has 2 aromatic rings. The molecule has 31 heavy (non-hydrogen) atoms. The fraction of sp³-hybridized carbons (Fsp3) is 0.476. The van der Waals surface area contributed by atoms with Crippen LogP contribution in [0.15, 0.2) is 30.6 Å². The summed E-state index contributed by atoms with van der Waals surface area (Å²) in [5.74, 6) is -1.88. The molecule has 10 heteroatoms. The molecule has 6 nitrogen and oxygen atoms in total. The molecule has 1 amide bonds. The monoisotopic (exact) mass is 440 g/mol. The first-order valence-corrected chi connectivity index (χ1v) is 9.98. The summed E-state index contributed by atoms with van der Waals surface area (Å²) in [4.78, 5) is 21.2. The lowest BCUT2D eigenvalue weighted by molar-refractivity contribution is -0.137. The molecule has 0 aliphatic carbocycles. The van der Waals surface area contributed by atoms with Gasteiger partial charge in [0, 0.05) is 6.54 Å². The lowest BCUT2D eigenvalue weighted by atomic mass is 10.0. The molecular weight excluding hydrogens is 416 g/mol. The molecule has 1 aromatic heterocycles. The van der Waals surface area contributed by atoms with E-state index in [1.807, 2.05) is 13.8 Å². The molecule has 0 spiro atoms. The van der Waals surface area contributed by atoms with Crippen LogP contribution < -0.4 is 15.4 Å². The number of nitrogens with two attached hydrogens (primary N) is 1. The van der Waals surface area contributed by atoms with E-state index in [9.17, 15) is 18.0 Å². The van der Waals surface area contributed by atoms with Crippen LogP contribution in [-0.4, -0.2) is 28.5 Å². The molecule has 168 valence electrons. The van der Waals surface area contributed by atoms with E-state index in [2.05, 4.69) is 9.97 Å². The summed E-state index contributed by atoms with van der Waals surface area (Å²) < 4.78 is 59.2. The summed E-state index contributed by atoms with van der Waals surface area (Å²) in [5.41, 5.74) is 5.25. The van der Waals surface area contributed by atoms with Crippen LogP contribution in [0.25, 0.3) is 0 Å². The van der Waals surface area contributed by atoms with Crippen molar-refractivity contribution < 1.29 is 27.1 Å². The van der Waals surface area contributed by atoms with Gasteiger partial charge in [0.15, 0.2) is 11.9 Å². The number of rotatable bonds is 7. The van der Waals surface area contributed by atoms with Gasteiger partial charge in [-0.25, -0.2) is 4.98 Å². The Hall–Kier alpha value is -2.91. The second-order valence-corrected chi connectivity index (χ2v) is 7.93. The van der Waals surface area contributed by atoms with E-state index in [-0.39, 0.29) is 23.7 Å². The second-order valence-electron chi connectivity index (χ2n) is 7.93. The smallest absolute Gasteiger partial charge is 0.416 e. The van der Waals surface area contributed by atoms with E-state index in [1.165, 1.54) is 12.1 Å². The molecule has 2 N–H and O–H groups in total. The number of carbonyl (C=O) groups excluding carboxylic acids is 1. The first kappa shape index (κ1) is 22.8. The third-order valence-corrected chi connectivity index (χ3v) is 5.14. The molecule has 0 bridgehead atoms. The van der Waals surface area contributed by atoms with Crippen molar-refractivity contribution >= 4 is 11.7 Å². The van der Waals surface area contributed by atoms with Crippen LogP contribution in [0.4, 0.5) is 23.4 Å². The van der Waals surface area contributed by atoms with Crippen LogP contribution in [0.1, 0.15) is 50.3 Å². The Morgan fingerprint density at radius 3 is 2.52 bits per heavy atom. The number of carbonyl (C=O) groups is 1. The summed E-state index contributed by atoms with van der Waals surface area (Å²) >= 11 is 0. The molecule has 1 aliphatic rings. The molecule has 1 saturated heterocycles. The number of alkyl halides is 3. The van der Waals surface area contributed by atoms with E-state index in [0.717, 1.165) is 18.5 Å². The third-order valence-electron chi connectivity index (χ3n) is 5.14. The molecule has 1 aliphatic heterocycles. The van der Waals surface area contributed by atoms with Crippen LogP contribution in [0, 0.1) is 11.7 Å². The Balaban J connectivity index is 1.86. The first-order valence-electron chi connectivity index (χ1n) is 9.98. The van der Waals surface area contributed by atoms with Crippen LogP contribution >= 0.6 is 0 Å². The maximum atomic E-state index is 15.2. The fourth-order valence-electron chi connectivity index (χ4n) is 3.67. The second kappa shape index (κ2) is 9.07. The van der Waals surface area contributed by atoms with Gasteiger partial charge in [0.1, 0.15) is 6.33 Å². The Morgan fingerprint density at radius 1 is 1.26 bits per heavy atom. The average molecular weight is 440 g/mol. The van der Waals surface area contributed by atoms with Gasteiger partial charge in [-0.15, -0.1) is 0 Å². The van der Waals surface area contributed by atoms with Crippen molar-refractivity contribution in [2.24, 2.45) is 11.7 Å². The predicted octanol–water partition coefficient (Wildman–Crippen LogP) is 4.25. The van der Waals surface area contributed by atoms with Crippen molar-refractivity contribution in [1.29, 1.82) is 0 Å². The van der Waals surface area contributed by atoms with Crippen molar-refractivity contribution in [1.82, 2.24) is 9.97 Å². The van der Waals surface area contributed by atoms with Gasteiger partial charge in [-0.05, 0) is 42.9 Å². The highest BCUT2D eigenvalue weighted by molar-refractivity contribution is 5.79. The van der Waals surface area contributed by atoms with Crippen molar-refractivity contribution in [3.05, 3.63) is 47.5 Å². The van der Waals surface area contributed by atoms with Gasteiger partial charge < -0.3 is 15.4 Å². The summed E-state index contributed by atoms with van der Waals surface area (Å²) in [6.07, 6.45) is -2.70. The lowest BCUT2D eigenvalue weighted by Crippen LogP contribution is -2.35. The number of primary amides is 1. The highest BCUT2D eigenvalue weighted by Gasteiger charge is 2.33. The standard InChI is InChI=1S/C21H24F4N4O2/c1-12(2)10-16(18(26)30)31-20-17(22)19(27-11-28-20)29-9-3-4-15(29)13-5-7-14(8-6-13)21(23,24)25/h5-8,11-12,15-16H,3-4,9-10H2,1-2H3,(H2,26,30)/t15-,16?/m0/s1. The molecule has 2 heterocycles. The molecule has 2 atom stereocenters. The number of benzene rings is 1. The van der Waals surface area contributed by atoms with Crippen molar-refractivity contribution in [2.45, 2.75) is 51.4 Å². The predicted molar refractivity (Wildman–Crippen MR) is 106 cm³/mol. The zero-order valence-electron chi connectivity index (χ0n) is 17.2. The first-order chi connectivity index (χ1) is 14.6. The van der Waals surface area contributed by atoms with E-state index in [0.29, 0.717) is 31.4 Å². The molecule has 0 saturated carbocycles. The number of ether oxygens (including phenoxy) is 1. The highest BCUT2D eigenvalue weighted by Crippen LogP contribution is 2.39. The molecule has 1 unspecified atom stereocenters. The van der Waals surface area contributed by atoms with Gasteiger partial charge in [-0.2, -0.15) is 22.5 Å². The third kappa shape index (κ3) is 5.23. The van der Waals surface area contributed by atoms with Crippen LogP contribution in [0.3, 0.4) is 0 Å². The Bertz CT molecular complexity index is 919. The van der Waals surface area contributed by atoms with E-state index < -0.39 is 29.6 Å². The van der Waals surface area contributed by atoms with Crippen molar-refractivity contribution in [2.75, 3.05) is 11.4 Å². The van der Waals surface area contributed by atoms with Crippen LogP contribution in [0.5, 0.6) is 5.88 Å². The number of halogens is 4.